The summed E-state index contributed by atoms with van der Waals surface area (Å²) in [5.41, 5.74) is 0.851. The first-order valence-electron chi connectivity index (χ1n) is 6.54. The van der Waals surface area contributed by atoms with Gasteiger partial charge in [-0.3, -0.25) is 0 Å². The molecule has 2 heterocycles. The van der Waals surface area contributed by atoms with Crippen LogP contribution in [0.4, 0.5) is 5.82 Å². The fraction of sp³-hybridized carbons (Fsp3) is 0.429. The lowest BCUT2D eigenvalue weighted by Crippen LogP contribution is -2.30. The van der Waals surface area contributed by atoms with E-state index < -0.39 is 0 Å². The fourth-order valence-corrected chi connectivity index (χ4v) is 2.64. The number of aromatic nitrogens is 2. The fourth-order valence-electron chi connectivity index (χ4n) is 2.46. The van der Waals surface area contributed by atoms with Crippen molar-refractivity contribution in [2.24, 2.45) is 0 Å². The molecule has 0 radical (unpaired) electrons. The maximum atomic E-state index is 5.97. The molecule has 5 heteroatoms. The molecule has 100 valence electrons. The second kappa shape index (κ2) is 5.31. The van der Waals surface area contributed by atoms with E-state index in [1.165, 1.54) is 0 Å². The minimum atomic E-state index is 0.205. The van der Waals surface area contributed by atoms with Crippen molar-refractivity contribution in [3.05, 3.63) is 29.5 Å². The normalized spacial score (nSPS) is 20.6. The summed E-state index contributed by atoms with van der Waals surface area (Å²) in [6.45, 7) is 2.96. The van der Waals surface area contributed by atoms with E-state index in [4.69, 9.17) is 16.3 Å². The largest absolute Gasteiger partial charge is 0.376 e. The predicted molar refractivity (Wildman–Crippen MR) is 76.6 cm³/mol. The first kappa shape index (κ1) is 12.6. The lowest BCUT2D eigenvalue weighted by atomic mass is 10.1. The van der Waals surface area contributed by atoms with Gasteiger partial charge in [-0.05, 0) is 43.5 Å². The van der Waals surface area contributed by atoms with E-state index in [2.05, 4.69) is 22.2 Å². The van der Waals surface area contributed by atoms with Gasteiger partial charge in [0.1, 0.15) is 5.82 Å². The molecule has 4 nitrogen and oxygen atoms in total. The van der Waals surface area contributed by atoms with Crippen LogP contribution in [0.1, 0.15) is 19.8 Å². The number of benzene rings is 1. The predicted octanol–water partition coefficient (Wildman–Crippen LogP) is 3.26. The van der Waals surface area contributed by atoms with E-state index in [9.17, 15) is 0 Å². The van der Waals surface area contributed by atoms with Crippen molar-refractivity contribution in [3.8, 4) is 0 Å². The molecule has 0 bridgehead atoms. The molecule has 1 saturated heterocycles. The number of anilines is 1. The number of nitrogens with zero attached hydrogens (tertiary/aromatic N) is 2. The van der Waals surface area contributed by atoms with Crippen LogP contribution in [0.25, 0.3) is 10.9 Å². The minimum absolute atomic E-state index is 0.205. The van der Waals surface area contributed by atoms with Crippen molar-refractivity contribution in [3.63, 3.8) is 0 Å². The average molecular weight is 278 g/mol. The van der Waals surface area contributed by atoms with Crippen LogP contribution in [-0.2, 0) is 4.74 Å². The molecule has 0 amide bonds. The van der Waals surface area contributed by atoms with Crippen LogP contribution < -0.4 is 5.32 Å². The number of para-hydroxylation sites is 1. The minimum Gasteiger partial charge on any atom is -0.376 e. The maximum Gasteiger partial charge on any atom is 0.224 e. The highest BCUT2D eigenvalue weighted by molar-refractivity contribution is 6.28. The van der Waals surface area contributed by atoms with Gasteiger partial charge in [-0.15, -0.1) is 0 Å². The number of hydrogen-bond donors (Lipinski definition) is 1. The van der Waals surface area contributed by atoms with E-state index >= 15 is 0 Å². The van der Waals surface area contributed by atoms with Gasteiger partial charge in [-0.1, -0.05) is 12.1 Å². The summed E-state index contributed by atoms with van der Waals surface area (Å²) < 4.78 is 5.69. The number of fused-ring (bicyclic) bond motifs is 1. The Labute approximate surface area is 117 Å². The summed E-state index contributed by atoms with van der Waals surface area (Å²) >= 11 is 5.97. The third-order valence-electron chi connectivity index (χ3n) is 3.46. The SMILES string of the molecule is CC(Nc1nc(Cl)nc2ccccc12)C1CCCO1. The molecule has 1 fully saturated rings. The van der Waals surface area contributed by atoms with E-state index in [0.717, 1.165) is 36.2 Å². The van der Waals surface area contributed by atoms with Gasteiger partial charge in [0.15, 0.2) is 0 Å². The molecular formula is C14H16ClN3O. The molecule has 19 heavy (non-hydrogen) atoms. The van der Waals surface area contributed by atoms with E-state index in [1.807, 2.05) is 24.3 Å². The highest BCUT2D eigenvalue weighted by atomic mass is 35.5. The number of nitrogens with one attached hydrogen (secondary N) is 1. The van der Waals surface area contributed by atoms with Gasteiger partial charge in [0.05, 0.1) is 17.7 Å². The first-order valence-corrected chi connectivity index (χ1v) is 6.92. The molecule has 1 aliphatic rings. The zero-order chi connectivity index (χ0) is 13.2. The molecule has 0 spiro atoms. The van der Waals surface area contributed by atoms with Crippen LogP contribution in [0.15, 0.2) is 24.3 Å². The zero-order valence-corrected chi connectivity index (χ0v) is 11.5. The average Bonchev–Trinajstić information content (AvgIpc) is 2.92. The smallest absolute Gasteiger partial charge is 0.224 e. The molecule has 1 aromatic heterocycles. The van der Waals surface area contributed by atoms with Gasteiger partial charge in [-0.25, -0.2) is 9.97 Å². The van der Waals surface area contributed by atoms with E-state index in [-0.39, 0.29) is 17.4 Å². The summed E-state index contributed by atoms with van der Waals surface area (Å²) in [5.74, 6) is 0.776. The van der Waals surface area contributed by atoms with Crippen molar-refractivity contribution in [2.45, 2.75) is 31.9 Å². The summed E-state index contributed by atoms with van der Waals surface area (Å²) in [6.07, 6.45) is 2.46. The second-order valence-corrected chi connectivity index (χ2v) is 5.18. The Hall–Kier alpha value is -1.39. The van der Waals surface area contributed by atoms with Crippen LogP contribution >= 0.6 is 11.6 Å². The van der Waals surface area contributed by atoms with Crippen molar-refractivity contribution < 1.29 is 4.74 Å². The van der Waals surface area contributed by atoms with Crippen molar-refractivity contribution >= 4 is 28.3 Å². The Kier molecular flexibility index (Phi) is 3.53. The molecule has 3 rings (SSSR count). The van der Waals surface area contributed by atoms with Gasteiger partial charge in [0, 0.05) is 12.0 Å². The molecular weight excluding hydrogens is 262 g/mol. The zero-order valence-electron chi connectivity index (χ0n) is 10.8. The van der Waals surface area contributed by atoms with Crippen LogP contribution in [0.5, 0.6) is 0 Å². The quantitative estimate of drug-likeness (QED) is 0.875. The summed E-state index contributed by atoms with van der Waals surface area (Å²) in [4.78, 5) is 8.52. The lowest BCUT2D eigenvalue weighted by molar-refractivity contribution is 0.0996. The van der Waals surface area contributed by atoms with Crippen LogP contribution in [0, 0.1) is 0 Å². The van der Waals surface area contributed by atoms with Crippen molar-refractivity contribution in [1.29, 1.82) is 0 Å². The highest BCUT2D eigenvalue weighted by Crippen LogP contribution is 2.24. The Morgan fingerprint density at radius 3 is 3.00 bits per heavy atom. The molecule has 1 aliphatic heterocycles. The first-order chi connectivity index (χ1) is 9.24. The summed E-state index contributed by atoms with van der Waals surface area (Å²) in [7, 11) is 0. The molecule has 0 saturated carbocycles. The molecule has 1 N–H and O–H groups in total. The second-order valence-electron chi connectivity index (χ2n) is 4.84. The van der Waals surface area contributed by atoms with Crippen LogP contribution in [0.2, 0.25) is 5.28 Å². The summed E-state index contributed by atoms with van der Waals surface area (Å²) in [6, 6.07) is 8.05. The maximum absolute atomic E-state index is 5.97. The molecule has 1 aromatic carbocycles. The molecule has 2 aromatic rings. The number of rotatable bonds is 3. The third kappa shape index (κ3) is 2.65. The third-order valence-corrected chi connectivity index (χ3v) is 3.63. The van der Waals surface area contributed by atoms with Crippen LogP contribution in [-0.4, -0.2) is 28.7 Å². The highest BCUT2D eigenvalue weighted by Gasteiger charge is 2.23. The van der Waals surface area contributed by atoms with Gasteiger partial charge >= 0.3 is 0 Å². The summed E-state index contributed by atoms with van der Waals surface area (Å²) in [5, 5.41) is 4.65. The number of ether oxygens (including phenoxy) is 1. The number of hydrogen-bond acceptors (Lipinski definition) is 4. The lowest BCUT2D eigenvalue weighted by Gasteiger charge is -2.21. The molecule has 2 unspecified atom stereocenters. The standard InChI is InChI=1S/C14H16ClN3O/c1-9(12-7-4-8-19-12)16-13-10-5-2-3-6-11(10)17-14(15)18-13/h2-3,5-6,9,12H,4,7-8H2,1H3,(H,16,17,18). The van der Waals surface area contributed by atoms with Gasteiger partial charge in [-0.2, -0.15) is 0 Å². The Balaban J connectivity index is 1.91. The van der Waals surface area contributed by atoms with Crippen molar-refractivity contribution in [1.82, 2.24) is 9.97 Å². The van der Waals surface area contributed by atoms with Gasteiger partial charge in [0.2, 0.25) is 5.28 Å². The Morgan fingerprint density at radius 1 is 1.37 bits per heavy atom. The number of halogens is 1. The monoisotopic (exact) mass is 277 g/mol. The van der Waals surface area contributed by atoms with Crippen molar-refractivity contribution in [2.75, 3.05) is 11.9 Å². The molecule has 2 atom stereocenters. The topological polar surface area (TPSA) is 47.0 Å². The van der Waals surface area contributed by atoms with Gasteiger partial charge in [0.25, 0.3) is 0 Å². The molecule has 0 aliphatic carbocycles. The van der Waals surface area contributed by atoms with Crippen LogP contribution in [0.3, 0.4) is 0 Å². The van der Waals surface area contributed by atoms with E-state index in [0.29, 0.717) is 0 Å². The van der Waals surface area contributed by atoms with E-state index in [1.54, 1.807) is 0 Å². The van der Waals surface area contributed by atoms with Gasteiger partial charge < -0.3 is 10.1 Å². The Morgan fingerprint density at radius 2 is 2.21 bits per heavy atom. The Bertz CT molecular complexity index is 584.